The fraction of sp³-hybridized carbons (Fsp3) is 0.875. The number of rotatable bonds is 6. The first-order valence-corrected chi connectivity index (χ1v) is 7.89. The smallest absolute Gasteiger partial charge is 0.310 e. The van der Waals surface area contributed by atoms with E-state index in [1.54, 1.807) is 13.8 Å². The zero-order valence-corrected chi connectivity index (χ0v) is 13.2. The molecule has 1 rings (SSSR count). The maximum absolute atomic E-state index is 12.3. The molecule has 4 atom stereocenters. The van der Waals surface area contributed by atoms with Crippen LogP contribution < -0.4 is 0 Å². The molecule has 0 aliphatic heterocycles. The molecule has 1 saturated carbocycles. The quantitative estimate of drug-likeness (QED) is 0.703. The third kappa shape index (κ3) is 3.97. The Labute approximate surface area is 122 Å². The molecule has 0 aromatic heterocycles. The molecule has 116 valence electrons. The van der Waals surface area contributed by atoms with E-state index in [9.17, 15) is 9.59 Å². The van der Waals surface area contributed by atoms with Crippen molar-refractivity contribution in [3.8, 4) is 0 Å². The van der Waals surface area contributed by atoms with E-state index in [0.717, 1.165) is 25.7 Å². The lowest BCUT2D eigenvalue weighted by atomic mass is 9.66. The summed E-state index contributed by atoms with van der Waals surface area (Å²) >= 11 is 0. The molecular weight excluding hydrogens is 256 g/mol. The van der Waals surface area contributed by atoms with E-state index < -0.39 is 0 Å². The van der Waals surface area contributed by atoms with Crippen LogP contribution >= 0.6 is 0 Å². The van der Waals surface area contributed by atoms with Crippen molar-refractivity contribution in [1.29, 1.82) is 0 Å². The molecule has 0 saturated heterocycles. The second-order valence-electron chi connectivity index (χ2n) is 5.66. The topological polar surface area (TPSA) is 52.6 Å². The fourth-order valence-electron chi connectivity index (χ4n) is 3.37. The molecule has 0 amide bonds. The first-order valence-electron chi connectivity index (χ1n) is 7.89. The molecule has 4 heteroatoms. The Hall–Kier alpha value is -1.06. The molecule has 0 heterocycles. The Kier molecular flexibility index (Phi) is 7.03. The minimum atomic E-state index is -0.348. The highest BCUT2D eigenvalue weighted by Crippen LogP contribution is 2.42. The lowest BCUT2D eigenvalue weighted by molar-refractivity contribution is -0.168. The lowest BCUT2D eigenvalue weighted by Crippen LogP contribution is -2.44. The van der Waals surface area contributed by atoms with Crippen LogP contribution in [0.25, 0.3) is 0 Å². The van der Waals surface area contributed by atoms with Crippen LogP contribution in [0.4, 0.5) is 0 Å². The minimum Gasteiger partial charge on any atom is -0.466 e. The molecule has 4 nitrogen and oxygen atoms in total. The van der Waals surface area contributed by atoms with Crippen LogP contribution in [-0.4, -0.2) is 25.2 Å². The number of carbonyl (C=O) groups excluding carboxylic acids is 2. The predicted octanol–water partition coefficient (Wildman–Crippen LogP) is 3.19. The zero-order chi connectivity index (χ0) is 15.1. The van der Waals surface area contributed by atoms with Gasteiger partial charge in [-0.1, -0.05) is 20.3 Å². The average Bonchev–Trinajstić information content (AvgIpc) is 2.41. The maximum atomic E-state index is 12.3. The van der Waals surface area contributed by atoms with Gasteiger partial charge in [0, 0.05) is 0 Å². The average molecular weight is 284 g/mol. The van der Waals surface area contributed by atoms with Gasteiger partial charge in [0.25, 0.3) is 0 Å². The molecule has 1 aliphatic carbocycles. The summed E-state index contributed by atoms with van der Waals surface area (Å²) in [4.78, 5) is 24.6. The summed E-state index contributed by atoms with van der Waals surface area (Å²) in [5, 5.41) is 0. The van der Waals surface area contributed by atoms with Gasteiger partial charge in [-0.3, -0.25) is 9.59 Å². The first-order chi connectivity index (χ1) is 9.56. The largest absolute Gasteiger partial charge is 0.466 e. The van der Waals surface area contributed by atoms with Crippen LogP contribution in [0.15, 0.2) is 0 Å². The van der Waals surface area contributed by atoms with Gasteiger partial charge in [-0.15, -0.1) is 0 Å². The van der Waals surface area contributed by atoms with Crippen LogP contribution in [0, 0.1) is 23.7 Å². The molecule has 4 unspecified atom stereocenters. The maximum Gasteiger partial charge on any atom is 0.310 e. The van der Waals surface area contributed by atoms with Crippen molar-refractivity contribution in [1.82, 2.24) is 0 Å². The Bertz CT molecular complexity index is 326. The van der Waals surface area contributed by atoms with Gasteiger partial charge >= 0.3 is 11.9 Å². The van der Waals surface area contributed by atoms with Crippen LogP contribution in [0.1, 0.15) is 53.4 Å². The Morgan fingerprint density at radius 2 is 1.50 bits per heavy atom. The molecule has 0 N–H and O–H groups in total. The second kappa shape index (κ2) is 8.28. The third-order valence-electron chi connectivity index (χ3n) is 4.28. The molecule has 1 aliphatic rings. The molecule has 0 spiro atoms. The monoisotopic (exact) mass is 284 g/mol. The second-order valence-corrected chi connectivity index (χ2v) is 5.66. The van der Waals surface area contributed by atoms with E-state index >= 15 is 0 Å². The van der Waals surface area contributed by atoms with Gasteiger partial charge in [0.2, 0.25) is 0 Å². The number of hydrogen-bond donors (Lipinski definition) is 0. The highest BCUT2D eigenvalue weighted by atomic mass is 16.5. The molecular formula is C16H28O4. The summed E-state index contributed by atoms with van der Waals surface area (Å²) in [5.41, 5.74) is 0. The molecule has 0 aromatic carbocycles. The van der Waals surface area contributed by atoms with E-state index in [2.05, 4.69) is 6.92 Å². The Morgan fingerprint density at radius 1 is 0.950 bits per heavy atom. The number of hydrogen-bond acceptors (Lipinski definition) is 4. The van der Waals surface area contributed by atoms with Crippen molar-refractivity contribution in [2.24, 2.45) is 23.7 Å². The fourth-order valence-corrected chi connectivity index (χ4v) is 3.37. The normalized spacial score (nSPS) is 29.8. The highest BCUT2D eigenvalue weighted by Gasteiger charge is 2.46. The molecule has 0 aromatic rings. The summed E-state index contributed by atoms with van der Waals surface area (Å²) in [6, 6.07) is 0. The van der Waals surface area contributed by atoms with E-state index in [1.165, 1.54) is 0 Å². The van der Waals surface area contributed by atoms with Crippen molar-refractivity contribution in [3.05, 3.63) is 0 Å². The van der Waals surface area contributed by atoms with Gasteiger partial charge in [-0.05, 0) is 44.9 Å². The molecule has 0 bridgehead atoms. The molecule has 0 radical (unpaired) electrons. The van der Waals surface area contributed by atoms with Gasteiger partial charge in [0.05, 0.1) is 25.0 Å². The van der Waals surface area contributed by atoms with Crippen molar-refractivity contribution in [3.63, 3.8) is 0 Å². The van der Waals surface area contributed by atoms with Gasteiger partial charge in [0.1, 0.15) is 0 Å². The molecule has 20 heavy (non-hydrogen) atoms. The summed E-state index contributed by atoms with van der Waals surface area (Å²) in [6.45, 7) is 8.47. The Morgan fingerprint density at radius 3 is 2.00 bits per heavy atom. The SMILES string of the molecule is CCCC1CCC(C)C(C(=O)OCC)C1C(=O)OCC. The standard InChI is InChI=1S/C16H28O4/c1-5-8-12-10-9-11(4)13(15(17)19-6-2)14(12)16(18)20-7-3/h11-14H,5-10H2,1-4H3. The summed E-state index contributed by atoms with van der Waals surface area (Å²) in [5.74, 6) is -0.729. The predicted molar refractivity (Wildman–Crippen MR) is 77.0 cm³/mol. The van der Waals surface area contributed by atoms with Crippen molar-refractivity contribution < 1.29 is 19.1 Å². The zero-order valence-electron chi connectivity index (χ0n) is 13.2. The number of ether oxygens (including phenoxy) is 2. The van der Waals surface area contributed by atoms with Crippen LogP contribution in [0.2, 0.25) is 0 Å². The van der Waals surface area contributed by atoms with Crippen molar-refractivity contribution in [2.75, 3.05) is 13.2 Å². The van der Waals surface area contributed by atoms with Crippen LogP contribution in [0.5, 0.6) is 0 Å². The lowest BCUT2D eigenvalue weighted by Gasteiger charge is -2.39. The minimum absolute atomic E-state index is 0.177. The van der Waals surface area contributed by atoms with Crippen LogP contribution in [0.3, 0.4) is 0 Å². The van der Waals surface area contributed by atoms with E-state index in [0.29, 0.717) is 13.2 Å². The summed E-state index contributed by atoms with van der Waals surface area (Å²) in [6.07, 6.45) is 3.95. The van der Waals surface area contributed by atoms with Gasteiger partial charge in [-0.25, -0.2) is 0 Å². The van der Waals surface area contributed by atoms with Gasteiger partial charge in [-0.2, -0.15) is 0 Å². The number of carbonyl (C=O) groups is 2. The van der Waals surface area contributed by atoms with E-state index in [-0.39, 0.29) is 35.6 Å². The van der Waals surface area contributed by atoms with Crippen molar-refractivity contribution >= 4 is 11.9 Å². The van der Waals surface area contributed by atoms with E-state index in [1.807, 2.05) is 6.92 Å². The van der Waals surface area contributed by atoms with Crippen LogP contribution in [-0.2, 0) is 19.1 Å². The highest BCUT2D eigenvalue weighted by molar-refractivity contribution is 5.82. The van der Waals surface area contributed by atoms with Gasteiger partial charge in [0.15, 0.2) is 0 Å². The first kappa shape index (κ1) is 17.0. The van der Waals surface area contributed by atoms with E-state index in [4.69, 9.17) is 9.47 Å². The summed E-state index contributed by atoms with van der Waals surface area (Å²) in [7, 11) is 0. The van der Waals surface area contributed by atoms with Gasteiger partial charge < -0.3 is 9.47 Å². The summed E-state index contributed by atoms with van der Waals surface area (Å²) < 4.78 is 10.4. The number of esters is 2. The molecule has 1 fully saturated rings. The third-order valence-corrected chi connectivity index (χ3v) is 4.28. The van der Waals surface area contributed by atoms with Crippen molar-refractivity contribution in [2.45, 2.75) is 53.4 Å². The Balaban J connectivity index is 2.97.